The van der Waals surface area contributed by atoms with Gasteiger partial charge < -0.3 is 15.6 Å². The van der Waals surface area contributed by atoms with E-state index in [1.165, 1.54) is 0 Å². The fourth-order valence-corrected chi connectivity index (χ4v) is 3.04. The van der Waals surface area contributed by atoms with Gasteiger partial charge in [0.05, 0.1) is 5.92 Å². The minimum Gasteiger partial charge on any atom is -0.494 e. The van der Waals surface area contributed by atoms with Gasteiger partial charge in [-0.05, 0) is 17.7 Å². The zero-order valence-corrected chi connectivity index (χ0v) is 14.2. The van der Waals surface area contributed by atoms with Crippen molar-refractivity contribution in [3.63, 3.8) is 0 Å². The molecule has 2 atom stereocenters. The van der Waals surface area contributed by atoms with Crippen molar-refractivity contribution in [3.05, 3.63) is 71.9 Å². The lowest BCUT2D eigenvalue weighted by molar-refractivity contribution is -0.711. The van der Waals surface area contributed by atoms with Gasteiger partial charge in [-0.2, -0.15) is 9.83 Å². The Hall–Kier alpha value is -3.86. The minimum absolute atomic E-state index is 0.0306. The van der Waals surface area contributed by atoms with Crippen molar-refractivity contribution in [1.29, 1.82) is 5.26 Å². The standard InChI is InChI=1S/C19H16N4O4/c20-10-14-16(12-5-4-6-13(9-12)27-11-15(21)24)17(19(26)22-18(14)25)23-7-2-1-3-8-23/h1-9,16-17H,11H2,(H3-,21,22,24,25,26)/p+1/t16-,17-/m0/s1. The molecule has 8 nitrogen and oxygen atoms in total. The molecule has 8 heteroatoms. The highest BCUT2D eigenvalue weighted by Gasteiger charge is 2.45. The number of ether oxygens (including phenoxy) is 1. The van der Waals surface area contributed by atoms with Crippen LogP contribution < -0.4 is 20.4 Å². The molecule has 0 bridgehead atoms. The number of allylic oxidation sites excluding steroid dienone is 1. The maximum Gasteiger partial charge on any atom is 0.296 e. The normalized spacial score (nSPS) is 19.1. The highest BCUT2D eigenvalue weighted by Crippen LogP contribution is 2.37. The molecule has 1 aliphatic rings. The molecule has 0 saturated heterocycles. The number of aliphatic hydroxyl groups excluding tert-OH is 1. The molecule has 0 saturated carbocycles. The van der Waals surface area contributed by atoms with Gasteiger partial charge in [0.2, 0.25) is 11.9 Å². The molecule has 2 aromatic rings. The summed E-state index contributed by atoms with van der Waals surface area (Å²) in [5, 5.41) is 22.0. The van der Waals surface area contributed by atoms with Gasteiger partial charge in [-0.3, -0.25) is 14.9 Å². The van der Waals surface area contributed by atoms with E-state index in [4.69, 9.17) is 10.5 Å². The highest BCUT2D eigenvalue weighted by atomic mass is 16.5. The zero-order chi connectivity index (χ0) is 19.4. The first-order valence-corrected chi connectivity index (χ1v) is 8.12. The summed E-state index contributed by atoms with van der Waals surface area (Å²) in [6.45, 7) is -0.294. The van der Waals surface area contributed by atoms with E-state index < -0.39 is 29.7 Å². The van der Waals surface area contributed by atoms with E-state index in [9.17, 15) is 20.0 Å². The Bertz CT molecular complexity index is 950. The van der Waals surface area contributed by atoms with Crippen LogP contribution in [0.15, 0.2) is 66.3 Å². The Kier molecular flexibility index (Phi) is 5.04. The molecule has 1 aromatic carbocycles. The van der Waals surface area contributed by atoms with E-state index in [1.807, 2.05) is 12.1 Å². The molecule has 2 heterocycles. The van der Waals surface area contributed by atoms with Crippen molar-refractivity contribution in [1.82, 2.24) is 5.32 Å². The second-order valence-corrected chi connectivity index (χ2v) is 5.94. The summed E-state index contributed by atoms with van der Waals surface area (Å²) >= 11 is 0. The van der Waals surface area contributed by atoms with Gasteiger partial charge in [0.1, 0.15) is 17.4 Å². The molecule has 0 spiro atoms. The fraction of sp³-hybridized carbons (Fsp3) is 0.158. The first-order valence-electron chi connectivity index (χ1n) is 8.12. The first kappa shape index (κ1) is 17.9. The van der Waals surface area contributed by atoms with Crippen LogP contribution in [0.25, 0.3) is 0 Å². The topological polar surface area (TPSA) is 129 Å². The molecular formula is C19H17N4O4+. The summed E-state index contributed by atoms with van der Waals surface area (Å²) in [5.74, 6) is -1.91. The number of carbonyl (C=O) groups is 2. The van der Waals surface area contributed by atoms with Crippen molar-refractivity contribution >= 4 is 11.8 Å². The Morgan fingerprint density at radius 3 is 2.70 bits per heavy atom. The summed E-state index contributed by atoms with van der Waals surface area (Å²) < 4.78 is 6.99. The fourth-order valence-electron chi connectivity index (χ4n) is 3.04. The summed E-state index contributed by atoms with van der Waals surface area (Å²) in [7, 11) is 0. The van der Waals surface area contributed by atoms with E-state index in [-0.39, 0.29) is 12.2 Å². The summed E-state index contributed by atoms with van der Waals surface area (Å²) in [4.78, 5) is 23.6. The predicted molar refractivity (Wildman–Crippen MR) is 93.0 cm³/mol. The molecule has 0 fully saturated rings. The lowest BCUT2D eigenvalue weighted by Gasteiger charge is -2.27. The van der Waals surface area contributed by atoms with Crippen LogP contribution in [-0.4, -0.2) is 23.5 Å². The van der Waals surface area contributed by atoms with Gasteiger partial charge in [0.15, 0.2) is 19.0 Å². The Labute approximate surface area is 155 Å². The lowest BCUT2D eigenvalue weighted by Crippen LogP contribution is -2.53. The largest absolute Gasteiger partial charge is 0.494 e. The molecule has 1 aromatic heterocycles. The Morgan fingerprint density at radius 2 is 2.04 bits per heavy atom. The minimum atomic E-state index is -0.789. The summed E-state index contributed by atoms with van der Waals surface area (Å²) in [6.07, 6.45) is 3.42. The highest BCUT2D eigenvalue weighted by molar-refractivity contribution is 5.84. The van der Waals surface area contributed by atoms with E-state index in [0.29, 0.717) is 11.3 Å². The number of hydrogen-bond acceptors (Lipinski definition) is 5. The quantitative estimate of drug-likeness (QED) is 0.668. The number of carbonyl (C=O) groups excluding carboxylic acids is 2. The summed E-state index contributed by atoms with van der Waals surface area (Å²) in [5.41, 5.74) is 5.71. The number of amides is 2. The van der Waals surface area contributed by atoms with Gasteiger partial charge in [0, 0.05) is 12.1 Å². The average Bonchev–Trinajstić information content (AvgIpc) is 2.66. The first-order chi connectivity index (χ1) is 13.0. The number of nitriles is 1. The smallest absolute Gasteiger partial charge is 0.296 e. The number of nitrogens with one attached hydrogen (secondary N) is 1. The molecule has 1 aliphatic heterocycles. The number of hydrogen-bond donors (Lipinski definition) is 3. The van der Waals surface area contributed by atoms with Crippen molar-refractivity contribution in [3.8, 4) is 11.8 Å². The van der Waals surface area contributed by atoms with E-state index in [2.05, 4.69) is 5.32 Å². The van der Waals surface area contributed by atoms with Crippen molar-refractivity contribution in [2.24, 2.45) is 5.73 Å². The molecule has 0 aliphatic carbocycles. The maximum atomic E-state index is 12.6. The zero-order valence-electron chi connectivity index (χ0n) is 14.2. The molecule has 0 radical (unpaired) electrons. The summed E-state index contributed by atoms with van der Waals surface area (Å²) in [6, 6.07) is 13.2. The SMILES string of the molecule is N#CC1=C(O)NC(=O)[C@@H]([n+]2ccccc2)[C@H]1c1cccc(OCC(N)=O)c1. The molecule has 136 valence electrons. The number of pyridine rings is 1. The number of benzene rings is 1. The second kappa shape index (κ2) is 7.58. The van der Waals surface area contributed by atoms with E-state index in [0.717, 1.165) is 0 Å². The molecular weight excluding hydrogens is 348 g/mol. The van der Waals surface area contributed by atoms with Crippen molar-refractivity contribution in [2.75, 3.05) is 6.61 Å². The molecule has 2 amide bonds. The third kappa shape index (κ3) is 3.72. The number of nitrogens with zero attached hydrogens (tertiary/aromatic N) is 2. The van der Waals surface area contributed by atoms with Crippen LogP contribution in [0.2, 0.25) is 0 Å². The Balaban J connectivity index is 2.09. The number of primary amides is 1. The van der Waals surface area contributed by atoms with Gasteiger partial charge in [-0.15, -0.1) is 0 Å². The molecule has 0 unspecified atom stereocenters. The average molecular weight is 365 g/mol. The maximum absolute atomic E-state index is 12.6. The van der Waals surface area contributed by atoms with Crippen molar-refractivity contribution in [2.45, 2.75) is 12.0 Å². The molecule has 27 heavy (non-hydrogen) atoms. The van der Waals surface area contributed by atoms with E-state index in [1.54, 1.807) is 53.4 Å². The third-order valence-corrected chi connectivity index (χ3v) is 4.17. The molecule has 4 N–H and O–H groups in total. The molecule has 3 rings (SSSR count). The van der Waals surface area contributed by atoms with Crippen LogP contribution in [-0.2, 0) is 9.59 Å². The van der Waals surface area contributed by atoms with Crippen LogP contribution >= 0.6 is 0 Å². The van der Waals surface area contributed by atoms with Gasteiger partial charge in [0.25, 0.3) is 11.8 Å². The number of rotatable bonds is 5. The van der Waals surface area contributed by atoms with Gasteiger partial charge in [-0.25, -0.2) is 0 Å². The lowest BCUT2D eigenvalue weighted by atomic mass is 9.82. The number of nitrogens with two attached hydrogens (primary N) is 1. The van der Waals surface area contributed by atoms with Gasteiger partial charge >= 0.3 is 0 Å². The van der Waals surface area contributed by atoms with E-state index >= 15 is 0 Å². The van der Waals surface area contributed by atoms with Crippen LogP contribution in [0.3, 0.4) is 0 Å². The third-order valence-electron chi connectivity index (χ3n) is 4.17. The van der Waals surface area contributed by atoms with Crippen LogP contribution in [0.4, 0.5) is 0 Å². The number of aliphatic hydroxyl groups is 1. The van der Waals surface area contributed by atoms with Crippen LogP contribution in [0.5, 0.6) is 5.75 Å². The second-order valence-electron chi connectivity index (χ2n) is 5.94. The van der Waals surface area contributed by atoms with Crippen molar-refractivity contribution < 1.29 is 24.0 Å². The predicted octanol–water partition coefficient (Wildman–Crippen LogP) is 0.586. The monoisotopic (exact) mass is 365 g/mol. The number of aromatic nitrogens is 1. The van der Waals surface area contributed by atoms with Crippen LogP contribution in [0, 0.1) is 11.3 Å². The Morgan fingerprint density at radius 1 is 1.30 bits per heavy atom. The van der Waals surface area contributed by atoms with Gasteiger partial charge in [-0.1, -0.05) is 18.2 Å². The van der Waals surface area contributed by atoms with Crippen LogP contribution in [0.1, 0.15) is 17.5 Å².